The van der Waals surface area contributed by atoms with Gasteiger partial charge >= 0.3 is 0 Å². The highest BCUT2D eigenvalue weighted by molar-refractivity contribution is 9.10. The molecule has 0 heterocycles. The van der Waals surface area contributed by atoms with Gasteiger partial charge in [0.1, 0.15) is 5.82 Å². The van der Waals surface area contributed by atoms with Crippen molar-refractivity contribution in [2.45, 2.75) is 18.2 Å². The summed E-state index contributed by atoms with van der Waals surface area (Å²) in [6, 6.07) is 5.53. The Bertz CT molecular complexity index is 569. The number of nitrogens with zero attached hydrogens (tertiary/aromatic N) is 2. The van der Waals surface area contributed by atoms with E-state index in [1.54, 1.807) is 6.92 Å². The fraction of sp³-hybridized carbons (Fsp3) is 0.364. The predicted octanol–water partition coefficient (Wildman–Crippen LogP) is 2.51. The third kappa shape index (κ3) is 3.28. The van der Waals surface area contributed by atoms with E-state index in [-0.39, 0.29) is 28.9 Å². The Hall–Kier alpha value is -0.970. The van der Waals surface area contributed by atoms with Gasteiger partial charge in [0.25, 0.3) is 0 Å². The maximum absolute atomic E-state index is 13.3. The molecule has 0 aliphatic rings. The molecule has 1 rings (SSSR count). The fourth-order valence-electron chi connectivity index (χ4n) is 1.41. The Morgan fingerprint density at radius 2 is 2.17 bits per heavy atom. The van der Waals surface area contributed by atoms with Crippen LogP contribution in [0.2, 0.25) is 0 Å². The third-order valence-corrected chi connectivity index (χ3v) is 4.97. The van der Waals surface area contributed by atoms with E-state index in [0.717, 1.165) is 10.4 Å². The van der Waals surface area contributed by atoms with Crippen LogP contribution in [0.3, 0.4) is 0 Å². The van der Waals surface area contributed by atoms with Gasteiger partial charge in [-0.05, 0) is 34.1 Å². The van der Waals surface area contributed by atoms with E-state index in [9.17, 15) is 12.8 Å². The number of hydrogen-bond acceptors (Lipinski definition) is 3. The Labute approximate surface area is 114 Å². The summed E-state index contributed by atoms with van der Waals surface area (Å²) in [5, 5.41) is 8.49. The van der Waals surface area contributed by atoms with Crippen LogP contribution in [0, 0.1) is 17.1 Å². The number of rotatable bonds is 5. The fourth-order valence-corrected chi connectivity index (χ4v) is 3.12. The Balaban J connectivity index is 3.11. The lowest BCUT2D eigenvalue weighted by atomic mass is 10.3. The summed E-state index contributed by atoms with van der Waals surface area (Å²) in [4.78, 5) is -0.108. The van der Waals surface area contributed by atoms with Gasteiger partial charge in [-0.2, -0.15) is 9.57 Å². The summed E-state index contributed by atoms with van der Waals surface area (Å²) in [7, 11) is -3.74. The Morgan fingerprint density at radius 1 is 1.50 bits per heavy atom. The smallest absolute Gasteiger partial charge is 0.207 e. The second-order valence-electron chi connectivity index (χ2n) is 3.48. The highest BCUT2D eigenvalue weighted by atomic mass is 79.9. The second-order valence-corrected chi connectivity index (χ2v) is 6.27. The van der Waals surface area contributed by atoms with Gasteiger partial charge in [0.15, 0.2) is 0 Å². The van der Waals surface area contributed by atoms with E-state index < -0.39 is 15.8 Å². The van der Waals surface area contributed by atoms with Crippen LogP contribution in [0.4, 0.5) is 4.39 Å². The molecule has 4 nitrogen and oxygen atoms in total. The number of benzene rings is 1. The van der Waals surface area contributed by atoms with Crippen LogP contribution in [-0.4, -0.2) is 25.8 Å². The first-order chi connectivity index (χ1) is 8.43. The van der Waals surface area contributed by atoms with Crippen molar-refractivity contribution in [2.24, 2.45) is 0 Å². The molecule has 0 amide bonds. The van der Waals surface area contributed by atoms with Crippen LogP contribution in [0.1, 0.15) is 13.3 Å². The van der Waals surface area contributed by atoms with Gasteiger partial charge in [-0.15, -0.1) is 0 Å². The molecule has 0 atom stereocenters. The molecule has 7 heteroatoms. The highest BCUT2D eigenvalue weighted by Crippen LogP contribution is 2.22. The lowest BCUT2D eigenvalue weighted by Gasteiger charge is -2.19. The zero-order valence-electron chi connectivity index (χ0n) is 9.73. The second kappa shape index (κ2) is 6.27. The summed E-state index contributed by atoms with van der Waals surface area (Å²) in [5.74, 6) is -0.632. The molecule has 0 bridgehead atoms. The van der Waals surface area contributed by atoms with E-state index in [4.69, 9.17) is 5.26 Å². The van der Waals surface area contributed by atoms with Crippen molar-refractivity contribution in [3.05, 3.63) is 28.5 Å². The SMILES string of the molecule is CCN(CCC#N)S(=O)(=O)c1ccc(Br)c(F)c1. The molecule has 0 aromatic heterocycles. The maximum atomic E-state index is 13.3. The third-order valence-electron chi connectivity index (χ3n) is 2.35. The van der Waals surface area contributed by atoms with Gasteiger partial charge in [-0.25, -0.2) is 12.8 Å². The van der Waals surface area contributed by atoms with Gasteiger partial charge in [-0.1, -0.05) is 6.92 Å². The molecule has 0 N–H and O–H groups in total. The molecule has 0 saturated heterocycles. The quantitative estimate of drug-likeness (QED) is 0.831. The molecule has 0 spiro atoms. The summed E-state index contributed by atoms with van der Waals surface area (Å²) in [5.41, 5.74) is 0. The molecular weight excluding hydrogens is 323 g/mol. The summed E-state index contributed by atoms with van der Waals surface area (Å²) >= 11 is 2.97. The highest BCUT2D eigenvalue weighted by Gasteiger charge is 2.23. The van der Waals surface area contributed by atoms with E-state index in [1.165, 1.54) is 12.1 Å². The van der Waals surface area contributed by atoms with Gasteiger partial charge in [0, 0.05) is 19.5 Å². The van der Waals surface area contributed by atoms with Crippen LogP contribution < -0.4 is 0 Å². The van der Waals surface area contributed by atoms with Gasteiger partial charge in [0.05, 0.1) is 15.4 Å². The number of hydrogen-bond donors (Lipinski definition) is 0. The lowest BCUT2D eigenvalue weighted by Crippen LogP contribution is -2.31. The van der Waals surface area contributed by atoms with Crippen LogP contribution in [0.25, 0.3) is 0 Å². The molecule has 0 fully saturated rings. The molecule has 0 aliphatic carbocycles. The molecule has 0 saturated carbocycles. The molecule has 1 aromatic rings. The molecule has 98 valence electrons. The first-order valence-corrected chi connectivity index (χ1v) is 7.49. The molecule has 1 aromatic carbocycles. The lowest BCUT2D eigenvalue weighted by molar-refractivity contribution is 0.434. The first kappa shape index (κ1) is 15.1. The number of halogens is 2. The molecule has 0 radical (unpaired) electrons. The van der Waals surface area contributed by atoms with Gasteiger partial charge in [-0.3, -0.25) is 0 Å². The standard InChI is InChI=1S/C11H12BrFN2O2S/c1-2-15(7-3-6-14)18(16,17)9-4-5-10(12)11(13)8-9/h4-5,8H,2-3,7H2,1H3. The van der Waals surface area contributed by atoms with Crippen molar-refractivity contribution in [3.63, 3.8) is 0 Å². The van der Waals surface area contributed by atoms with Crippen molar-refractivity contribution in [1.82, 2.24) is 4.31 Å². The molecule has 18 heavy (non-hydrogen) atoms. The van der Waals surface area contributed by atoms with Crippen molar-refractivity contribution in [1.29, 1.82) is 5.26 Å². The van der Waals surface area contributed by atoms with E-state index in [2.05, 4.69) is 15.9 Å². The minimum atomic E-state index is -3.74. The van der Waals surface area contributed by atoms with Gasteiger partial charge < -0.3 is 0 Å². The normalized spacial score (nSPS) is 11.5. The van der Waals surface area contributed by atoms with E-state index >= 15 is 0 Å². The average Bonchev–Trinajstić information content (AvgIpc) is 2.33. The topological polar surface area (TPSA) is 61.2 Å². The summed E-state index contributed by atoms with van der Waals surface area (Å²) in [6.07, 6.45) is 0.103. The largest absolute Gasteiger partial charge is 0.243 e. The van der Waals surface area contributed by atoms with E-state index in [0.29, 0.717) is 0 Å². The zero-order valence-corrected chi connectivity index (χ0v) is 12.1. The molecule has 0 unspecified atom stereocenters. The van der Waals surface area contributed by atoms with Crippen molar-refractivity contribution < 1.29 is 12.8 Å². The average molecular weight is 335 g/mol. The minimum Gasteiger partial charge on any atom is -0.207 e. The Kier molecular flexibility index (Phi) is 5.26. The minimum absolute atomic E-state index is 0.103. The van der Waals surface area contributed by atoms with Crippen molar-refractivity contribution >= 4 is 26.0 Å². The van der Waals surface area contributed by atoms with Crippen LogP contribution in [-0.2, 0) is 10.0 Å². The summed E-state index contributed by atoms with van der Waals surface area (Å²) < 4.78 is 39.0. The molecular formula is C11H12BrFN2O2S. The Morgan fingerprint density at radius 3 is 2.67 bits per heavy atom. The van der Waals surface area contributed by atoms with E-state index in [1.807, 2.05) is 6.07 Å². The molecule has 0 aliphatic heterocycles. The van der Waals surface area contributed by atoms with Crippen LogP contribution in [0.15, 0.2) is 27.6 Å². The zero-order chi connectivity index (χ0) is 13.8. The van der Waals surface area contributed by atoms with Crippen LogP contribution >= 0.6 is 15.9 Å². The van der Waals surface area contributed by atoms with Crippen molar-refractivity contribution in [2.75, 3.05) is 13.1 Å². The summed E-state index contributed by atoms with van der Waals surface area (Å²) in [6.45, 7) is 2.01. The maximum Gasteiger partial charge on any atom is 0.243 e. The first-order valence-electron chi connectivity index (χ1n) is 5.25. The van der Waals surface area contributed by atoms with Crippen molar-refractivity contribution in [3.8, 4) is 6.07 Å². The monoisotopic (exact) mass is 334 g/mol. The number of sulfonamides is 1. The van der Waals surface area contributed by atoms with Gasteiger partial charge in [0.2, 0.25) is 10.0 Å². The number of nitriles is 1. The van der Waals surface area contributed by atoms with Crippen LogP contribution in [0.5, 0.6) is 0 Å². The predicted molar refractivity (Wildman–Crippen MR) is 68.8 cm³/mol.